The highest BCUT2D eigenvalue weighted by Crippen LogP contribution is 2.21. The molecule has 7 nitrogen and oxygen atoms in total. The fourth-order valence-corrected chi connectivity index (χ4v) is 2.49. The van der Waals surface area contributed by atoms with E-state index in [-0.39, 0.29) is 28.5 Å². The lowest BCUT2D eigenvalue weighted by atomic mass is 9.86. The van der Waals surface area contributed by atoms with Crippen LogP contribution in [0.3, 0.4) is 0 Å². The van der Waals surface area contributed by atoms with Crippen LogP contribution in [0, 0.1) is 19.3 Å². The summed E-state index contributed by atoms with van der Waals surface area (Å²) in [7, 11) is 1.55. The Morgan fingerprint density at radius 1 is 1.33 bits per heavy atom. The smallest absolute Gasteiger partial charge is 0.279 e. The molecule has 0 bridgehead atoms. The summed E-state index contributed by atoms with van der Waals surface area (Å²) in [6.07, 6.45) is 5.27. The molecule has 0 spiro atoms. The molecule has 1 atom stereocenters. The van der Waals surface area contributed by atoms with Gasteiger partial charge < -0.3 is 9.88 Å². The molecule has 0 aliphatic carbocycles. The summed E-state index contributed by atoms with van der Waals surface area (Å²) in [5.74, 6) is -0.362. The van der Waals surface area contributed by atoms with E-state index < -0.39 is 0 Å². The summed E-state index contributed by atoms with van der Waals surface area (Å²) in [6, 6.07) is -0.156. The van der Waals surface area contributed by atoms with Crippen LogP contribution < -0.4 is 10.9 Å². The van der Waals surface area contributed by atoms with Gasteiger partial charge in [0, 0.05) is 26.0 Å². The van der Waals surface area contributed by atoms with E-state index in [0.717, 1.165) is 0 Å². The minimum atomic E-state index is -0.383. The highest BCUT2D eigenvalue weighted by atomic mass is 16.2. The maximum absolute atomic E-state index is 12.8. The van der Waals surface area contributed by atoms with Crippen LogP contribution in [0.15, 0.2) is 23.5 Å². The van der Waals surface area contributed by atoms with E-state index in [0.29, 0.717) is 17.8 Å². The monoisotopic (exact) mass is 331 g/mol. The molecule has 0 aromatic carbocycles. The molecule has 0 aliphatic heterocycles. The van der Waals surface area contributed by atoms with Gasteiger partial charge in [-0.25, -0.2) is 9.67 Å². The Morgan fingerprint density at radius 3 is 2.54 bits per heavy atom. The van der Waals surface area contributed by atoms with Crippen molar-refractivity contribution in [2.75, 3.05) is 0 Å². The first-order chi connectivity index (χ1) is 11.1. The average molecular weight is 331 g/mol. The van der Waals surface area contributed by atoms with Crippen LogP contribution in [0.1, 0.15) is 42.4 Å². The molecule has 1 unspecified atom stereocenters. The van der Waals surface area contributed by atoms with Crippen molar-refractivity contribution in [1.82, 2.24) is 24.6 Å². The summed E-state index contributed by atoms with van der Waals surface area (Å²) in [5, 5.41) is 7.14. The molecule has 2 heterocycles. The molecule has 1 amide bonds. The predicted molar refractivity (Wildman–Crippen MR) is 91.9 cm³/mol. The van der Waals surface area contributed by atoms with E-state index in [9.17, 15) is 9.59 Å². The molecule has 7 heteroatoms. The van der Waals surface area contributed by atoms with Crippen LogP contribution in [0.4, 0.5) is 0 Å². The number of nitrogens with zero attached hydrogens (tertiary/aromatic N) is 4. The van der Waals surface area contributed by atoms with E-state index in [1.165, 1.54) is 4.68 Å². The van der Waals surface area contributed by atoms with Crippen molar-refractivity contribution in [2.24, 2.45) is 12.5 Å². The standard InChI is InChI=1S/C17H25N5O2/c1-11-12(2)20-21(6)16(24)14(11)15(23)19-13(17(3,4)5)9-22-8-7-18-10-22/h7-8,10,13H,9H2,1-6H3,(H,19,23). The second kappa shape index (κ2) is 6.59. The fraction of sp³-hybridized carbons (Fsp3) is 0.529. The van der Waals surface area contributed by atoms with Gasteiger partial charge in [-0.3, -0.25) is 9.59 Å². The minimum Gasteiger partial charge on any atom is -0.347 e. The van der Waals surface area contributed by atoms with E-state index >= 15 is 0 Å². The number of amides is 1. The Morgan fingerprint density at radius 2 is 2.00 bits per heavy atom. The number of carbonyl (C=O) groups excluding carboxylic acids is 1. The lowest BCUT2D eigenvalue weighted by Crippen LogP contribution is -2.48. The summed E-state index contributed by atoms with van der Waals surface area (Å²) in [5.41, 5.74) is 0.882. The molecule has 1 N–H and O–H groups in total. The molecule has 24 heavy (non-hydrogen) atoms. The van der Waals surface area contributed by atoms with Crippen LogP contribution in [0.5, 0.6) is 0 Å². The number of carbonyl (C=O) groups is 1. The number of nitrogens with one attached hydrogen (secondary N) is 1. The van der Waals surface area contributed by atoms with Gasteiger partial charge in [-0.15, -0.1) is 0 Å². The third-order valence-electron chi connectivity index (χ3n) is 4.26. The molecular formula is C17H25N5O2. The van der Waals surface area contributed by atoms with Gasteiger partial charge in [0.1, 0.15) is 5.56 Å². The number of hydrogen-bond acceptors (Lipinski definition) is 4. The Labute approximate surface area is 141 Å². The second-order valence-electron chi connectivity index (χ2n) is 7.17. The molecular weight excluding hydrogens is 306 g/mol. The van der Waals surface area contributed by atoms with Crippen molar-refractivity contribution in [3.8, 4) is 0 Å². The Kier molecular flexibility index (Phi) is 4.91. The van der Waals surface area contributed by atoms with Gasteiger partial charge in [0.25, 0.3) is 11.5 Å². The van der Waals surface area contributed by atoms with E-state index in [1.54, 1.807) is 33.4 Å². The summed E-state index contributed by atoms with van der Waals surface area (Å²) in [6.45, 7) is 10.3. The average Bonchev–Trinajstić information content (AvgIpc) is 2.97. The van der Waals surface area contributed by atoms with Crippen LogP contribution in [0.2, 0.25) is 0 Å². The van der Waals surface area contributed by atoms with Gasteiger partial charge in [-0.05, 0) is 24.8 Å². The third kappa shape index (κ3) is 3.72. The quantitative estimate of drug-likeness (QED) is 0.919. The van der Waals surface area contributed by atoms with Gasteiger partial charge >= 0.3 is 0 Å². The van der Waals surface area contributed by atoms with Gasteiger partial charge in [0.2, 0.25) is 0 Å². The maximum atomic E-state index is 12.8. The number of hydrogen-bond donors (Lipinski definition) is 1. The van der Waals surface area contributed by atoms with Crippen LogP contribution in [-0.2, 0) is 13.6 Å². The van der Waals surface area contributed by atoms with E-state index in [1.807, 2.05) is 10.8 Å². The van der Waals surface area contributed by atoms with Crippen LogP contribution in [-0.4, -0.2) is 31.3 Å². The SMILES string of the molecule is Cc1nn(C)c(=O)c(C(=O)NC(Cn2ccnc2)C(C)(C)C)c1C. The molecule has 0 saturated heterocycles. The highest BCUT2D eigenvalue weighted by Gasteiger charge is 2.29. The topological polar surface area (TPSA) is 81.8 Å². The van der Waals surface area contributed by atoms with Gasteiger partial charge in [-0.2, -0.15) is 5.10 Å². The van der Waals surface area contributed by atoms with Crippen molar-refractivity contribution in [1.29, 1.82) is 0 Å². The third-order valence-corrected chi connectivity index (χ3v) is 4.26. The summed E-state index contributed by atoms with van der Waals surface area (Å²) >= 11 is 0. The molecule has 2 rings (SSSR count). The lowest BCUT2D eigenvalue weighted by molar-refractivity contribution is 0.0889. The molecule has 130 valence electrons. The number of rotatable bonds is 4. The first kappa shape index (κ1) is 17.9. The number of aromatic nitrogens is 4. The summed E-state index contributed by atoms with van der Waals surface area (Å²) < 4.78 is 3.12. The second-order valence-corrected chi connectivity index (χ2v) is 7.17. The Hall–Kier alpha value is -2.44. The van der Waals surface area contributed by atoms with Crippen molar-refractivity contribution in [2.45, 2.75) is 47.2 Å². The summed E-state index contributed by atoms with van der Waals surface area (Å²) in [4.78, 5) is 29.2. The normalized spacial score (nSPS) is 12.9. The number of imidazole rings is 1. The zero-order valence-electron chi connectivity index (χ0n) is 15.1. The van der Waals surface area contributed by atoms with Gasteiger partial charge in [-0.1, -0.05) is 20.8 Å². The van der Waals surface area contributed by atoms with Gasteiger partial charge in [0.15, 0.2) is 0 Å². The molecule has 2 aromatic rings. The van der Waals surface area contributed by atoms with Crippen LogP contribution in [0.25, 0.3) is 0 Å². The maximum Gasteiger partial charge on any atom is 0.279 e. The van der Waals surface area contributed by atoms with Crippen molar-refractivity contribution < 1.29 is 4.79 Å². The molecule has 2 aromatic heterocycles. The van der Waals surface area contributed by atoms with Gasteiger partial charge in [0.05, 0.1) is 18.1 Å². The predicted octanol–water partition coefficient (Wildman–Crippen LogP) is 1.44. The molecule has 0 aliphatic rings. The zero-order chi connectivity index (χ0) is 18.1. The van der Waals surface area contributed by atoms with Crippen molar-refractivity contribution in [3.05, 3.63) is 45.9 Å². The van der Waals surface area contributed by atoms with E-state index in [4.69, 9.17) is 0 Å². The van der Waals surface area contributed by atoms with Crippen LogP contribution >= 0.6 is 0 Å². The largest absolute Gasteiger partial charge is 0.347 e. The van der Waals surface area contributed by atoms with E-state index in [2.05, 4.69) is 36.2 Å². The van der Waals surface area contributed by atoms with Crippen molar-refractivity contribution >= 4 is 5.91 Å². The molecule has 0 fully saturated rings. The molecule has 0 saturated carbocycles. The lowest BCUT2D eigenvalue weighted by Gasteiger charge is -2.32. The first-order valence-electron chi connectivity index (χ1n) is 7.92. The minimum absolute atomic E-state index is 0.156. The number of aryl methyl sites for hydroxylation is 2. The highest BCUT2D eigenvalue weighted by molar-refractivity contribution is 5.95. The Balaban J connectivity index is 2.34. The van der Waals surface area contributed by atoms with Crippen molar-refractivity contribution in [3.63, 3.8) is 0 Å². The first-order valence-corrected chi connectivity index (χ1v) is 7.92. The zero-order valence-corrected chi connectivity index (χ0v) is 15.1. The Bertz CT molecular complexity index is 785. The molecule has 0 radical (unpaired) electrons. The fourth-order valence-electron chi connectivity index (χ4n) is 2.49.